The first-order valence-corrected chi connectivity index (χ1v) is 9.05. The molecule has 2 aliphatic carbocycles. The predicted octanol–water partition coefficient (Wildman–Crippen LogP) is 5.42. The van der Waals surface area contributed by atoms with Gasteiger partial charge in [0.15, 0.2) is 0 Å². The third kappa shape index (κ3) is 11.6. The Hall–Kier alpha value is 1.06. The van der Waals surface area contributed by atoms with E-state index >= 15 is 0 Å². The smallest absolute Gasteiger partial charge is 0.668 e. The van der Waals surface area contributed by atoms with Crippen LogP contribution in [0.4, 0.5) is 0 Å². The SMILES string of the molecule is CC(C)(PC1CCCCC1)[C]1[CH][CH][CH][CH]1.C[N-]C.C[N-]C.[Ti+2]. The summed E-state index contributed by atoms with van der Waals surface area (Å²) in [6, 6.07) is 0. The zero-order valence-corrected chi connectivity index (χ0v) is 17.9. The summed E-state index contributed by atoms with van der Waals surface area (Å²) in [6.07, 6.45) is 16.3. The topological polar surface area (TPSA) is 28.2 Å². The molecule has 4 heteroatoms. The molecule has 0 bridgehead atoms. The summed E-state index contributed by atoms with van der Waals surface area (Å²) >= 11 is 0. The summed E-state index contributed by atoms with van der Waals surface area (Å²) in [5.41, 5.74) is 1.00. The minimum absolute atomic E-state index is 0. The van der Waals surface area contributed by atoms with Gasteiger partial charge in [0.1, 0.15) is 0 Å². The van der Waals surface area contributed by atoms with Crippen LogP contribution in [0.2, 0.25) is 0 Å². The normalized spacial score (nSPS) is 19.9. The van der Waals surface area contributed by atoms with Crippen LogP contribution >= 0.6 is 8.58 Å². The van der Waals surface area contributed by atoms with Gasteiger partial charge >= 0.3 is 21.7 Å². The van der Waals surface area contributed by atoms with Gasteiger partial charge in [0.2, 0.25) is 0 Å². The Balaban J connectivity index is 0. The van der Waals surface area contributed by atoms with E-state index in [1.54, 1.807) is 28.2 Å². The van der Waals surface area contributed by atoms with Gasteiger partial charge in [0, 0.05) is 0 Å². The molecule has 0 aliphatic heterocycles. The van der Waals surface area contributed by atoms with Gasteiger partial charge in [-0.1, -0.05) is 33.1 Å². The van der Waals surface area contributed by atoms with Gasteiger partial charge in [-0.3, -0.25) is 0 Å². The predicted molar refractivity (Wildman–Crippen MR) is 100 cm³/mol. The number of rotatable bonds is 3. The maximum Gasteiger partial charge on any atom is 2.00 e. The summed E-state index contributed by atoms with van der Waals surface area (Å²) in [7, 11) is 8.10. The molecule has 5 radical (unpaired) electrons. The van der Waals surface area contributed by atoms with Gasteiger partial charge < -0.3 is 10.6 Å². The van der Waals surface area contributed by atoms with Gasteiger partial charge in [-0.05, 0) is 55.3 Å². The molecular weight excluding hydrogens is 323 g/mol. The maximum atomic E-state index is 3.50. The number of nitrogens with zero attached hydrogens (tertiary/aromatic N) is 2. The van der Waals surface area contributed by atoms with Crippen LogP contribution in [-0.2, 0) is 21.7 Å². The van der Waals surface area contributed by atoms with Crippen molar-refractivity contribution in [3.8, 4) is 0 Å². The fraction of sp³-hybridized carbons (Fsp3) is 0.722. The van der Waals surface area contributed by atoms with E-state index in [0.717, 1.165) is 14.2 Å². The van der Waals surface area contributed by atoms with Crippen LogP contribution in [0.15, 0.2) is 0 Å². The quantitative estimate of drug-likeness (QED) is 0.477. The Morgan fingerprint density at radius 3 is 1.73 bits per heavy atom. The molecule has 2 rings (SSSR count). The Bertz CT molecular complexity index is 223. The van der Waals surface area contributed by atoms with Crippen molar-refractivity contribution in [1.29, 1.82) is 0 Å². The summed E-state index contributed by atoms with van der Waals surface area (Å²) < 4.78 is 0. The van der Waals surface area contributed by atoms with E-state index in [9.17, 15) is 0 Å². The van der Waals surface area contributed by atoms with E-state index in [4.69, 9.17) is 0 Å². The zero-order valence-electron chi connectivity index (χ0n) is 15.3. The molecular formula is C18H34N2PTi. The van der Waals surface area contributed by atoms with Crippen molar-refractivity contribution >= 4 is 8.58 Å². The second-order valence-corrected chi connectivity index (χ2v) is 8.53. The summed E-state index contributed by atoms with van der Waals surface area (Å²) in [4.78, 5) is 0. The van der Waals surface area contributed by atoms with Crippen molar-refractivity contribution in [2.24, 2.45) is 0 Å². The molecule has 1 atom stereocenters. The van der Waals surface area contributed by atoms with Gasteiger partial charge in [-0.15, -0.1) is 8.58 Å². The Morgan fingerprint density at radius 1 is 0.909 bits per heavy atom. The molecule has 22 heavy (non-hydrogen) atoms. The molecule has 2 nitrogen and oxygen atoms in total. The van der Waals surface area contributed by atoms with Crippen LogP contribution in [0.1, 0.15) is 46.0 Å². The molecule has 125 valence electrons. The van der Waals surface area contributed by atoms with Crippen molar-refractivity contribution in [2.75, 3.05) is 28.2 Å². The molecule has 0 saturated heterocycles. The fourth-order valence-corrected chi connectivity index (χ4v) is 4.68. The molecule has 2 aliphatic rings. The van der Waals surface area contributed by atoms with E-state index in [1.807, 2.05) is 0 Å². The monoisotopic (exact) mass is 357 g/mol. The molecule has 0 aromatic carbocycles. The third-order valence-electron chi connectivity index (χ3n) is 3.55. The second kappa shape index (κ2) is 15.6. The molecule has 0 N–H and O–H groups in total. The van der Waals surface area contributed by atoms with Crippen LogP contribution in [0, 0.1) is 31.6 Å². The molecule has 2 fully saturated rings. The van der Waals surface area contributed by atoms with Crippen molar-refractivity contribution in [3.63, 3.8) is 0 Å². The average Bonchev–Trinajstić information content (AvgIpc) is 2.96. The first kappa shape index (κ1) is 25.3. The Labute approximate surface area is 157 Å². The van der Waals surface area contributed by atoms with Crippen molar-refractivity contribution < 1.29 is 21.7 Å². The minimum atomic E-state index is 0. The largest absolute Gasteiger partial charge is 2.00 e. The fourth-order valence-electron chi connectivity index (χ4n) is 2.63. The second-order valence-electron chi connectivity index (χ2n) is 6.17. The molecule has 0 aromatic rings. The molecule has 0 heterocycles. The standard InChI is InChI=1S/C14H22P.2C2H6N.Ti/c1-14(2,12-8-6-7-9-12)15-13-10-4-3-5-11-13;2*1-3-2;/h6-9,13,15H,3-5,10-11H2,1-2H3;2*1-2H3;/q;2*-1;+2. The van der Waals surface area contributed by atoms with E-state index in [-0.39, 0.29) is 21.7 Å². The van der Waals surface area contributed by atoms with Crippen LogP contribution < -0.4 is 0 Å². The zero-order chi connectivity index (χ0) is 16.1. The van der Waals surface area contributed by atoms with Gasteiger partial charge in [-0.2, -0.15) is 28.2 Å². The molecule has 0 amide bonds. The van der Waals surface area contributed by atoms with Gasteiger partial charge in [0.25, 0.3) is 0 Å². The van der Waals surface area contributed by atoms with E-state index < -0.39 is 0 Å². The summed E-state index contributed by atoms with van der Waals surface area (Å²) in [6.45, 7) is 4.82. The van der Waals surface area contributed by atoms with Crippen LogP contribution in [-0.4, -0.2) is 39.0 Å². The molecule has 1 unspecified atom stereocenters. The Kier molecular flexibility index (Phi) is 17.9. The van der Waals surface area contributed by atoms with Crippen LogP contribution in [0.5, 0.6) is 0 Å². The van der Waals surface area contributed by atoms with E-state index in [2.05, 4.69) is 50.2 Å². The first-order chi connectivity index (χ1) is 10.0. The van der Waals surface area contributed by atoms with E-state index in [1.165, 1.54) is 38.0 Å². The third-order valence-corrected chi connectivity index (χ3v) is 5.55. The van der Waals surface area contributed by atoms with Gasteiger partial charge in [-0.25, -0.2) is 0 Å². The van der Waals surface area contributed by atoms with Crippen molar-refractivity contribution in [2.45, 2.75) is 56.8 Å². The minimum Gasteiger partial charge on any atom is -0.668 e. The molecule has 2 saturated carbocycles. The summed E-state index contributed by atoms with van der Waals surface area (Å²) in [5, 5.41) is 7.41. The average molecular weight is 357 g/mol. The first-order valence-electron chi connectivity index (χ1n) is 7.97. The Morgan fingerprint density at radius 2 is 1.32 bits per heavy atom. The summed E-state index contributed by atoms with van der Waals surface area (Å²) in [5.74, 6) is 1.53. The van der Waals surface area contributed by atoms with Crippen LogP contribution in [0.3, 0.4) is 0 Å². The maximum absolute atomic E-state index is 3.50. The van der Waals surface area contributed by atoms with Gasteiger partial charge in [0.05, 0.1) is 0 Å². The molecule has 0 spiro atoms. The van der Waals surface area contributed by atoms with Crippen LogP contribution in [0.25, 0.3) is 10.6 Å². The van der Waals surface area contributed by atoms with E-state index in [0.29, 0.717) is 5.16 Å². The van der Waals surface area contributed by atoms with Crippen molar-refractivity contribution in [1.82, 2.24) is 0 Å². The van der Waals surface area contributed by atoms with Crippen molar-refractivity contribution in [3.05, 3.63) is 42.2 Å². The number of hydrogen-bond acceptors (Lipinski definition) is 0. The molecule has 0 aromatic heterocycles. The number of hydrogen-bond donors (Lipinski definition) is 0.